The van der Waals surface area contributed by atoms with Crippen LogP contribution in [-0.4, -0.2) is 33.3 Å². The number of amides is 2. The number of unbranched alkanes of at least 4 members (excludes halogenated alkanes) is 1. The van der Waals surface area contributed by atoms with Gasteiger partial charge in [0, 0.05) is 0 Å². The average Bonchev–Trinajstić information content (AvgIpc) is 2.69. The van der Waals surface area contributed by atoms with Gasteiger partial charge in [0.1, 0.15) is 11.0 Å². The lowest BCUT2D eigenvalue weighted by molar-refractivity contribution is -0.139. The standard InChI is InChI=1S/C10H16N4O3S/c1-3-4-5-7(8(15)16)11-9(17)12-10-14-13-6(2)18-10/h7H,3-5H2,1-2H3,(H,15,16)(H2,11,12,14,17). The van der Waals surface area contributed by atoms with Crippen LogP contribution in [0.2, 0.25) is 0 Å². The number of hydrogen-bond donors (Lipinski definition) is 3. The Bertz CT molecular complexity index is 421. The molecule has 1 rings (SSSR count). The number of aryl methyl sites for hydroxylation is 1. The molecule has 1 aromatic rings. The number of carbonyl (C=O) groups is 2. The zero-order valence-corrected chi connectivity index (χ0v) is 11.1. The lowest BCUT2D eigenvalue weighted by Crippen LogP contribution is -2.42. The Morgan fingerprint density at radius 1 is 1.44 bits per heavy atom. The largest absolute Gasteiger partial charge is 0.480 e. The van der Waals surface area contributed by atoms with Crippen LogP contribution in [0.25, 0.3) is 0 Å². The van der Waals surface area contributed by atoms with Crippen LogP contribution in [0, 0.1) is 6.92 Å². The van der Waals surface area contributed by atoms with Crippen molar-refractivity contribution in [2.24, 2.45) is 0 Å². The van der Waals surface area contributed by atoms with Crippen molar-refractivity contribution in [2.75, 3.05) is 5.32 Å². The molecule has 0 bridgehead atoms. The predicted molar refractivity (Wildman–Crippen MR) is 67.7 cm³/mol. The van der Waals surface area contributed by atoms with Gasteiger partial charge in [-0.3, -0.25) is 5.32 Å². The smallest absolute Gasteiger partial charge is 0.326 e. The van der Waals surface area contributed by atoms with Gasteiger partial charge in [0.05, 0.1) is 0 Å². The Morgan fingerprint density at radius 2 is 2.17 bits per heavy atom. The minimum absolute atomic E-state index is 0.352. The van der Waals surface area contributed by atoms with Gasteiger partial charge in [0.2, 0.25) is 5.13 Å². The first kappa shape index (κ1) is 14.4. The highest BCUT2D eigenvalue weighted by molar-refractivity contribution is 7.15. The maximum absolute atomic E-state index is 11.6. The highest BCUT2D eigenvalue weighted by atomic mass is 32.1. The second-order valence-corrected chi connectivity index (χ2v) is 4.94. The van der Waals surface area contributed by atoms with E-state index in [2.05, 4.69) is 20.8 Å². The fraction of sp³-hybridized carbons (Fsp3) is 0.600. The van der Waals surface area contributed by atoms with Gasteiger partial charge in [-0.15, -0.1) is 10.2 Å². The van der Waals surface area contributed by atoms with E-state index in [9.17, 15) is 9.59 Å². The summed E-state index contributed by atoms with van der Waals surface area (Å²) < 4.78 is 0. The van der Waals surface area contributed by atoms with Gasteiger partial charge in [-0.2, -0.15) is 0 Å². The average molecular weight is 272 g/mol. The molecule has 3 N–H and O–H groups in total. The summed E-state index contributed by atoms with van der Waals surface area (Å²) in [5.74, 6) is -1.04. The zero-order valence-electron chi connectivity index (χ0n) is 10.3. The van der Waals surface area contributed by atoms with E-state index in [1.807, 2.05) is 6.92 Å². The molecule has 2 amide bonds. The van der Waals surface area contributed by atoms with E-state index >= 15 is 0 Å². The summed E-state index contributed by atoms with van der Waals surface area (Å²) in [7, 11) is 0. The van der Waals surface area contributed by atoms with Crippen LogP contribution in [0.1, 0.15) is 31.2 Å². The molecule has 1 heterocycles. The number of carbonyl (C=O) groups excluding carboxylic acids is 1. The Hall–Kier alpha value is -1.70. The summed E-state index contributed by atoms with van der Waals surface area (Å²) >= 11 is 1.23. The molecule has 18 heavy (non-hydrogen) atoms. The third-order valence-electron chi connectivity index (χ3n) is 2.20. The molecule has 8 heteroatoms. The van der Waals surface area contributed by atoms with Gasteiger partial charge in [0.15, 0.2) is 0 Å². The minimum atomic E-state index is -1.04. The van der Waals surface area contributed by atoms with Crippen LogP contribution in [0.4, 0.5) is 9.93 Å². The van der Waals surface area contributed by atoms with Crippen LogP contribution in [-0.2, 0) is 4.79 Å². The Morgan fingerprint density at radius 3 is 2.67 bits per heavy atom. The summed E-state index contributed by atoms with van der Waals surface area (Å²) in [5, 5.41) is 22.3. The summed E-state index contributed by atoms with van der Waals surface area (Å²) in [6.45, 7) is 3.73. The first-order valence-corrected chi connectivity index (χ1v) is 6.45. The van der Waals surface area contributed by atoms with Crippen LogP contribution in [0.5, 0.6) is 0 Å². The monoisotopic (exact) mass is 272 g/mol. The normalized spacial score (nSPS) is 11.9. The molecule has 0 aliphatic rings. The van der Waals surface area contributed by atoms with E-state index in [0.717, 1.165) is 17.8 Å². The van der Waals surface area contributed by atoms with E-state index < -0.39 is 18.0 Å². The van der Waals surface area contributed by atoms with Gasteiger partial charge in [0.25, 0.3) is 0 Å². The van der Waals surface area contributed by atoms with Gasteiger partial charge in [-0.1, -0.05) is 31.1 Å². The van der Waals surface area contributed by atoms with E-state index in [4.69, 9.17) is 5.11 Å². The number of carboxylic acids is 1. The Kier molecular flexibility index (Phi) is 5.50. The summed E-state index contributed by atoms with van der Waals surface area (Å²) in [5.41, 5.74) is 0. The molecule has 0 aliphatic heterocycles. The molecular formula is C10H16N4O3S. The minimum Gasteiger partial charge on any atom is -0.480 e. The van der Waals surface area contributed by atoms with Crippen molar-refractivity contribution < 1.29 is 14.7 Å². The van der Waals surface area contributed by atoms with E-state index in [0.29, 0.717) is 11.6 Å². The highest BCUT2D eigenvalue weighted by Crippen LogP contribution is 2.13. The van der Waals surface area contributed by atoms with Crippen molar-refractivity contribution in [3.05, 3.63) is 5.01 Å². The van der Waals surface area contributed by atoms with Crippen molar-refractivity contribution in [1.82, 2.24) is 15.5 Å². The molecule has 1 unspecified atom stereocenters. The van der Waals surface area contributed by atoms with Gasteiger partial charge in [-0.05, 0) is 13.3 Å². The molecule has 0 radical (unpaired) electrons. The van der Waals surface area contributed by atoms with Crippen molar-refractivity contribution >= 4 is 28.5 Å². The van der Waals surface area contributed by atoms with Crippen LogP contribution >= 0.6 is 11.3 Å². The van der Waals surface area contributed by atoms with Crippen molar-refractivity contribution in [2.45, 2.75) is 39.2 Å². The number of carboxylic acid groups (broad SMARTS) is 1. The van der Waals surface area contributed by atoms with Crippen molar-refractivity contribution in [1.29, 1.82) is 0 Å². The lowest BCUT2D eigenvalue weighted by Gasteiger charge is -2.13. The van der Waals surface area contributed by atoms with Crippen LogP contribution < -0.4 is 10.6 Å². The maximum Gasteiger partial charge on any atom is 0.326 e. The summed E-state index contributed by atoms with van der Waals surface area (Å²) in [6.07, 6.45) is 2.03. The molecule has 100 valence electrons. The van der Waals surface area contributed by atoms with Crippen molar-refractivity contribution in [3.63, 3.8) is 0 Å². The first-order chi connectivity index (χ1) is 8.52. The number of hydrogen-bond acceptors (Lipinski definition) is 5. The van der Waals surface area contributed by atoms with Gasteiger partial charge in [-0.25, -0.2) is 9.59 Å². The van der Waals surface area contributed by atoms with Crippen LogP contribution in [0.3, 0.4) is 0 Å². The molecule has 0 fully saturated rings. The Balaban J connectivity index is 2.48. The second-order valence-electron chi connectivity index (χ2n) is 3.76. The highest BCUT2D eigenvalue weighted by Gasteiger charge is 2.19. The topological polar surface area (TPSA) is 104 Å². The van der Waals surface area contributed by atoms with Crippen molar-refractivity contribution in [3.8, 4) is 0 Å². The fourth-order valence-corrected chi connectivity index (χ4v) is 1.89. The summed E-state index contributed by atoms with van der Waals surface area (Å²) in [4.78, 5) is 22.5. The molecule has 0 aromatic carbocycles. The number of aromatic nitrogens is 2. The number of nitrogens with one attached hydrogen (secondary N) is 2. The molecule has 0 aliphatic carbocycles. The molecule has 1 aromatic heterocycles. The number of rotatable bonds is 6. The Labute approximate surface area is 109 Å². The third kappa shape index (κ3) is 4.66. The fourth-order valence-electron chi connectivity index (χ4n) is 1.30. The first-order valence-electron chi connectivity index (χ1n) is 5.63. The van der Waals surface area contributed by atoms with E-state index in [-0.39, 0.29) is 0 Å². The molecular weight excluding hydrogens is 256 g/mol. The summed E-state index contributed by atoms with van der Waals surface area (Å²) in [6, 6.07) is -1.45. The quantitative estimate of drug-likeness (QED) is 0.729. The molecule has 7 nitrogen and oxygen atoms in total. The van der Waals surface area contributed by atoms with Crippen LogP contribution in [0.15, 0.2) is 0 Å². The number of nitrogens with zero attached hydrogens (tertiary/aromatic N) is 2. The second kappa shape index (κ2) is 6.90. The SMILES string of the molecule is CCCCC(NC(=O)Nc1nnc(C)s1)C(=O)O. The maximum atomic E-state index is 11.6. The van der Waals surface area contributed by atoms with E-state index in [1.165, 1.54) is 11.3 Å². The predicted octanol–water partition coefficient (Wildman–Crippen LogP) is 1.61. The van der Waals surface area contributed by atoms with E-state index in [1.54, 1.807) is 6.92 Å². The molecule has 0 saturated heterocycles. The molecule has 0 spiro atoms. The molecule has 0 saturated carbocycles. The molecule has 1 atom stereocenters. The van der Waals surface area contributed by atoms with Gasteiger partial charge < -0.3 is 10.4 Å². The third-order valence-corrected chi connectivity index (χ3v) is 2.95. The van der Waals surface area contributed by atoms with Gasteiger partial charge >= 0.3 is 12.0 Å². The number of aliphatic carboxylic acids is 1. The lowest BCUT2D eigenvalue weighted by atomic mass is 10.1. The number of anilines is 1. The number of urea groups is 1. The zero-order chi connectivity index (χ0) is 13.5.